The van der Waals surface area contributed by atoms with Crippen LogP contribution in [0.25, 0.3) is 10.9 Å². The Kier molecular flexibility index (Phi) is 3.18. The second-order valence-electron chi connectivity index (χ2n) is 3.86. The molecule has 3 rings (SSSR count). The van der Waals surface area contributed by atoms with Gasteiger partial charge in [-0.1, -0.05) is 23.2 Å². The molecular weight excluding hydrogens is 305 g/mol. The lowest BCUT2D eigenvalue weighted by Gasteiger charge is -2.04. The van der Waals surface area contributed by atoms with Crippen LogP contribution in [-0.2, 0) is 0 Å². The van der Waals surface area contributed by atoms with Crippen LogP contribution >= 0.6 is 34.5 Å². The third kappa shape index (κ3) is 2.45. The summed E-state index contributed by atoms with van der Waals surface area (Å²) in [4.78, 5) is 12.1. The van der Waals surface area contributed by atoms with Crippen LogP contribution in [0.1, 0.15) is 10.4 Å². The Morgan fingerprint density at radius 3 is 2.89 bits per heavy atom. The Balaban J connectivity index is 1.88. The van der Waals surface area contributed by atoms with Crippen molar-refractivity contribution in [2.45, 2.75) is 0 Å². The van der Waals surface area contributed by atoms with Gasteiger partial charge in [-0.15, -0.1) is 11.3 Å². The Morgan fingerprint density at radius 1 is 1.32 bits per heavy atom. The average molecular weight is 312 g/mol. The maximum atomic E-state index is 12.1. The summed E-state index contributed by atoms with van der Waals surface area (Å²) >= 11 is 12.9. The predicted molar refractivity (Wildman–Crippen MR) is 78.4 cm³/mol. The number of nitrogens with zero attached hydrogens (tertiary/aromatic N) is 1. The van der Waals surface area contributed by atoms with Crippen molar-refractivity contribution in [2.75, 3.05) is 5.32 Å². The summed E-state index contributed by atoms with van der Waals surface area (Å²) in [5.41, 5.74) is 1.97. The molecule has 7 heteroatoms. The quantitative estimate of drug-likeness (QED) is 0.745. The molecule has 2 aromatic heterocycles. The lowest BCUT2D eigenvalue weighted by molar-refractivity contribution is 0.102. The summed E-state index contributed by atoms with van der Waals surface area (Å²) in [6.07, 6.45) is 1.69. The van der Waals surface area contributed by atoms with Gasteiger partial charge in [-0.05, 0) is 24.3 Å². The SMILES string of the molecule is O=C(Nc1ccc2[nH]ncc2c1)c1cc(Cl)sc1Cl. The fourth-order valence-corrected chi connectivity index (χ4v) is 3.17. The van der Waals surface area contributed by atoms with Gasteiger partial charge in [-0.2, -0.15) is 5.10 Å². The molecule has 0 saturated heterocycles. The van der Waals surface area contributed by atoms with E-state index in [-0.39, 0.29) is 5.91 Å². The number of rotatable bonds is 2. The molecule has 0 aliphatic rings. The van der Waals surface area contributed by atoms with Gasteiger partial charge in [0.15, 0.2) is 0 Å². The number of thiophene rings is 1. The number of halogens is 2. The molecule has 0 bridgehead atoms. The minimum absolute atomic E-state index is 0.281. The molecule has 1 amide bonds. The first kappa shape index (κ1) is 12.5. The van der Waals surface area contributed by atoms with Crippen molar-refractivity contribution in [3.63, 3.8) is 0 Å². The number of benzene rings is 1. The van der Waals surface area contributed by atoms with E-state index in [1.54, 1.807) is 18.3 Å². The minimum Gasteiger partial charge on any atom is -0.322 e. The van der Waals surface area contributed by atoms with Crippen molar-refractivity contribution < 1.29 is 4.79 Å². The van der Waals surface area contributed by atoms with Crippen LogP contribution in [0, 0.1) is 0 Å². The molecule has 0 unspecified atom stereocenters. The number of hydrogen-bond donors (Lipinski definition) is 2. The first-order valence-electron chi connectivity index (χ1n) is 5.33. The standard InChI is InChI=1S/C12H7Cl2N3OS/c13-10-4-8(11(14)19-10)12(18)16-7-1-2-9-6(3-7)5-15-17-9/h1-5H,(H,15,17)(H,16,18). The van der Waals surface area contributed by atoms with E-state index in [1.165, 1.54) is 11.3 Å². The topological polar surface area (TPSA) is 57.8 Å². The molecule has 96 valence electrons. The monoisotopic (exact) mass is 311 g/mol. The van der Waals surface area contributed by atoms with Crippen LogP contribution in [0.5, 0.6) is 0 Å². The normalized spacial score (nSPS) is 10.8. The molecule has 2 N–H and O–H groups in total. The molecule has 0 fully saturated rings. The molecule has 3 aromatic rings. The average Bonchev–Trinajstić information content (AvgIpc) is 2.94. The molecule has 0 spiro atoms. The van der Waals surface area contributed by atoms with Gasteiger partial charge < -0.3 is 5.32 Å². The van der Waals surface area contributed by atoms with E-state index in [4.69, 9.17) is 23.2 Å². The van der Waals surface area contributed by atoms with Crippen molar-refractivity contribution >= 4 is 57.0 Å². The largest absolute Gasteiger partial charge is 0.322 e. The van der Waals surface area contributed by atoms with Gasteiger partial charge in [-0.25, -0.2) is 0 Å². The van der Waals surface area contributed by atoms with Crippen LogP contribution in [0.2, 0.25) is 8.67 Å². The van der Waals surface area contributed by atoms with Crippen molar-refractivity contribution in [1.29, 1.82) is 0 Å². The van der Waals surface area contributed by atoms with E-state index in [1.807, 2.05) is 12.1 Å². The minimum atomic E-state index is -0.281. The molecule has 2 heterocycles. The lowest BCUT2D eigenvalue weighted by Crippen LogP contribution is -2.11. The van der Waals surface area contributed by atoms with Crippen LogP contribution < -0.4 is 5.32 Å². The van der Waals surface area contributed by atoms with E-state index in [9.17, 15) is 4.79 Å². The molecule has 0 aliphatic carbocycles. The number of H-pyrrole nitrogens is 1. The summed E-state index contributed by atoms with van der Waals surface area (Å²) in [7, 11) is 0. The Morgan fingerprint density at radius 2 is 2.16 bits per heavy atom. The molecule has 4 nitrogen and oxygen atoms in total. The highest BCUT2D eigenvalue weighted by molar-refractivity contribution is 7.20. The zero-order chi connectivity index (χ0) is 13.4. The summed E-state index contributed by atoms with van der Waals surface area (Å²) in [5.74, 6) is -0.281. The van der Waals surface area contributed by atoms with E-state index >= 15 is 0 Å². The number of carbonyl (C=O) groups excluding carboxylic acids is 1. The zero-order valence-electron chi connectivity index (χ0n) is 9.41. The predicted octanol–water partition coefficient (Wildman–Crippen LogP) is 4.18. The number of hydrogen-bond acceptors (Lipinski definition) is 3. The second kappa shape index (κ2) is 4.85. The smallest absolute Gasteiger partial charge is 0.258 e. The molecule has 0 saturated carbocycles. The summed E-state index contributed by atoms with van der Waals surface area (Å²) < 4.78 is 0.868. The van der Waals surface area contributed by atoms with Gasteiger partial charge in [0.05, 0.1) is 21.6 Å². The van der Waals surface area contributed by atoms with Crippen LogP contribution in [0.15, 0.2) is 30.5 Å². The number of fused-ring (bicyclic) bond motifs is 1. The van der Waals surface area contributed by atoms with E-state index < -0.39 is 0 Å². The lowest BCUT2D eigenvalue weighted by atomic mass is 10.2. The number of aromatic nitrogens is 2. The third-order valence-corrected chi connectivity index (χ3v) is 4.09. The van der Waals surface area contributed by atoms with Gasteiger partial charge >= 0.3 is 0 Å². The number of amides is 1. The molecule has 0 radical (unpaired) electrons. The van der Waals surface area contributed by atoms with Gasteiger partial charge in [0.2, 0.25) is 0 Å². The third-order valence-electron chi connectivity index (χ3n) is 2.60. The first-order valence-corrected chi connectivity index (χ1v) is 6.90. The summed E-state index contributed by atoms with van der Waals surface area (Å²) in [6, 6.07) is 7.03. The number of anilines is 1. The second-order valence-corrected chi connectivity index (χ2v) is 6.15. The fourth-order valence-electron chi connectivity index (χ4n) is 1.71. The highest BCUT2D eigenvalue weighted by Crippen LogP contribution is 2.31. The van der Waals surface area contributed by atoms with E-state index in [0.29, 0.717) is 19.9 Å². The van der Waals surface area contributed by atoms with E-state index in [2.05, 4.69) is 15.5 Å². The molecule has 0 aliphatic heterocycles. The molecule has 1 aromatic carbocycles. The van der Waals surface area contributed by atoms with Gasteiger partial charge in [0, 0.05) is 11.1 Å². The van der Waals surface area contributed by atoms with Crippen LogP contribution in [-0.4, -0.2) is 16.1 Å². The van der Waals surface area contributed by atoms with Gasteiger partial charge in [0.1, 0.15) is 4.34 Å². The van der Waals surface area contributed by atoms with Crippen molar-refractivity contribution in [3.8, 4) is 0 Å². The molecule has 0 atom stereocenters. The first-order chi connectivity index (χ1) is 9.13. The Labute approximate surface area is 122 Å². The van der Waals surface area contributed by atoms with Crippen LogP contribution in [0.4, 0.5) is 5.69 Å². The van der Waals surface area contributed by atoms with Crippen molar-refractivity contribution in [1.82, 2.24) is 10.2 Å². The van der Waals surface area contributed by atoms with Crippen LogP contribution in [0.3, 0.4) is 0 Å². The number of carbonyl (C=O) groups is 1. The fraction of sp³-hybridized carbons (Fsp3) is 0. The van der Waals surface area contributed by atoms with Crippen molar-refractivity contribution in [2.24, 2.45) is 0 Å². The van der Waals surface area contributed by atoms with Gasteiger partial charge in [0.25, 0.3) is 5.91 Å². The van der Waals surface area contributed by atoms with Crippen molar-refractivity contribution in [3.05, 3.63) is 44.7 Å². The zero-order valence-corrected chi connectivity index (χ0v) is 11.7. The highest BCUT2D eigenvalue weighted by Gasteiger charge is 2.14. The molecule has 19 heavy (non-hydrogen) atoms. The number of aromatic amines is 1. The summed E-state index contributed by atoms with van der Waals surface area (Å²) in [6.45, 7) is 0. The maximum Gasteiger partial charge on any atom is 0.258 e. The van der Waals surface area contributed by atoms with E-state index in [0.717, 1.165) is 10.9 Å². The highest BCUT2D eigenvalue weighted by atomic mass is 35.5. The van der Waals surface area contributed by atoms with Gasteiger partial charge in [-0.3, -0.25) is 9.89 Å². The summed E-state index contributed by atoms with van der Waals surface area (Å²) in [5, 5.41) is 10.5. The Hall–Kier alpha value is -1.56. The number of nitrogens with one attached hydrogen (secondary N) is 2. The Bertz CT molecular complexity index is 765. The maximum absolute atomic E-state index is 12.1. The molecular formula is C12H7Cl2N3OS.